The van der Waals surface area contributed by atoms with Crippen LogP contribution in [0.3, 0.4) is 0 Å². The first-order valence-electron chi connectivity index (χ1n) is 12.1. The van der Waals surface area contributed by atoms with E-state index in [4.69, 9.17) is 4.42 Å². The Bertz CT molecular complexity index is 1360. The standard InChI is InChI=1S/C28H34N4O2S/c1-7-24(31(5)6)27-29-30-28(32(27)16-20-11-9-8-10-12-20)35-17-21-14-26(33)34-25-13-19(4)22(18(2)3)15-23(21)25/h8-15,18,24H,7,16-17H2,1-6H3/t24-/m1/s1. The Balaban J connectivity index is 1.72. The van der Waals surface area contributed by atoms with Crippen molar-refractivity contribution in [3.05, 3.63) is 87.0 Å². The third-order valence-corrected chi connectivity index (χ3v) is 7.45. The molecule has 35 heavy (non-hydrogen) atoms. The minimum absolute atomic E-state index is 0.168. The van der Waals surface area contributed by atoms with Gasteiger partial charge in [-0.1, -0.05) is 62.9 Å². The summed E-state index contributed by atoms with van der Waals surface area (Å²) in [5, 5.41) is 11.0. The van der Waals surface area contributed by atoms with Gasteiger partial charge in [0.05, 0.1) is 12.6 Å². The van der Waals surface area contributed by atoms with Crippen molar-refractivity contribution in [2.75, 3.05) is 14.1 Å². The number of thioether (sulfide) groups is 1. The predicted molar refractivity (Wildman–Crippen MR) is 143 cm³/mol. The monoisotopic (exact) mass is 490 g/mol. The lowest BCUT2D eigenvalue weighted by Crippen LogP contribution is -2.23. The van der Waals surface area contributed by atoms with Gasteiger partial charge < -0.3 is 8.98 Å². The Morgan fingerprint density at radius 3 is 2.49 bits per heavy atom. The summed E-state index contributed by atoms with van der Waals surface area (Å²) in [5.41, 5.74) is 4.88. The van der Waals surface area contributed by atoms with Gasteiger partial charge in [0.25, 0.3) is 0 Å². The van der Waals surface area contributed by atoms with Crippen molar-refractivity contribution in [3.63, 3.8) is 0 Å². The Labute approximate surface area is 211 Å². The fourth-order valence-corrected chi connectivity index (χ4v) is 5.56. The quantitative estimate of drug-likeness (QED) is 0.206. The minimum atomic E-state index is -0.324. The summed E-state index contributed by atoms with van der Waals surface area (Å²) in [5.74, 6) is 1.95. The average molecular weight is 491 g/mol. The molecule has 0 bridgehead atoms. The van der Waals surface area contributed by atoms with Gasteiger partial charge in [-0.3, -0.25) is 4.90 Å². The lowest BCUT2D eigenvalue weighted by atomic mass is 9.95. The number of hydrogen-bond acceptors (Lipinski definition) is 6. The third kappa shape index (κ3) is 5.52. The van der Waals surface area contributed by atoms with Crippen molar-refractivity contribution in [2.24, 2.45) is 0 Å². The summed E-state index contributed by atoms with van der Waals surface area (Å²) in [4.78, 5) is 14.5. The first kappa shape index (κ1) is 25.2. The lowest BCUT2D eigenvalue weighted by molar-refractivity contribution is 0.272. The summed E-state index contributed by atoms with van der Waals surface area (Å²) < 4.78 is 7.76. The second-order valence-electron chi connectivity index (χ2n) is 9.54. The van der Waals surface area contributed by atoms with E-state index in [0.717, 1.165) is 33.9 Å². The number of rotatable bonds is 9. The number of fused-ring (bicyclic) bond motifs is 1. The molecule has 0 aliphatic heterocycles. The van der Waals surface area contributed by atoms with Crippen LogP contribution in [0, 0.1) is 6.92 Å². The number of aromatic nitrogens is 3. The summed E-state index contributed by atoms with van der Waals surface area (Å²) >= 11 is 1.61. The van der Waals surface area contributed by atoms with Crippen LogP contribution in [-0.4, -0.2) is 33.8 Å². The van der Waals surface area contributed by atoms with Crippen molar-refractivity contribution in [1.29, 1.82) is 0 Å². The van der Waals surface area contributed by atoms with E-state index in [0.29, 0.717) is 23.8 Å². The molecule has 4 aromatic rings. The SMILES string of the molecule is CC[C@H](c1nnc(SCc2cc(=O)oc3cc(C)c(C(C)C)cc23)n1Cc1ccccc1)N(C)C. The topological polar surface area (TPSA) is 64.2 Å². The Morgan fingerprint density at radius 2 is 1.83 bits per heavy atom. The molecule has 7 heteroatoms. The van der Waals surface area contributed by atoms with E-state index in [-0.39, 0.29) is 11.7 Å². The van der Waals surface area contributed by atoms with E-state index in [1.807, 2.05) is 12.1 Å². The van der Waals surface area contributed by atoms with Crippen molar-refractivity contribution >= 4 is 22.7 Å². The van der Waals surface area contributed by atoms with Gasteiger partial charge >= 0.3 is 5.63 Å². The lowest BCUT2D eigenvalue weighted by Gasteiger charge is -2.23. The zero-order valence-electron chi connectivity index (χ0n) is 21.4. The van der Waals surface area contributed by atoms with Crippen LogP contribution in [0.25, 0.3) is 11.0 Å². The molecule has 0 N–H and O–H groups in total. The molecule has 2 heterocycles. The highest BCUT2D eigenvalue weighted by Crippen LogP contribution is 2.32. The van der Waals surface area contributed by atoms with E-state index < -0.39 is 0 Å². The van der Waals surface area contributed by atoms with E-state index in [2.05, 4.69) is 91.8 Å². The Hall–Kier alpha value is -2.90. The van der Waals surface area contributed by atoms with Gasteiger partial charge in [-0.05, 0) is 67.7 Å². The zero-order valence-corrected chi connectivity index (χ0v) is 22.2. The fraction of sp³-hybridized carbons (Fsp3) is 0.393. The fourth-order valence-electron chi connectivity index (χ4n) is 4.62. The minimum Gasteiger partial charge on any atom is -0.423 e. The van der Waals surface area contributed by atoms with Gasteiger partial charge in [0.2, 0.25) is 0 Å². The summed E-state index contributed by atoms with van der Waals surface area (Å²) in [6, 6.07) is 16.3. The van der Waals surface area contributed by atoms with Gasteiger partial charge in [-0.2, -0.15) is 0 Å². The molecule has 0 fully saturated rings. The van der Waals surface area contributed by atoms with Crippen LogP contribution in [0.1, 0.15) is 67.2 Å². The highest BCUT2D eigenvalue weighted by atomic mass is 32.2. The summed E-state index contributed by atoms with van der Waals surface area (Å²) in [6.07, 6.45) is 0.937. The van der Waals surface area contributed by atoms with Crippen LogP contribution in [0.2, 0.25) is 0 Å². The molecular formula is C28H34N4O2S. The molecule has 0 unspecified atom stereocenters. The van der Waals surface area contributed by atoms with Crippen molar-refractivity contribution in [3.8, 4) is 0 Å². The molecule has 2 aromatic heterocycles. The number of nitrogens with zero attached hydrogens (tertiary/aromatic N) is 4. The second-order valence-corrected chi connectivity index (χ2v) is 10.5. The van der Waals surface area contributed by atoms with Gasteiger partial charge in [0.1, 0.15) is 5.58 Å². The van der Waals surface area contributed by atoms with Crippen LogP contribution < -0.4 is 5.63 Å². The predicted octanol–water partition coefficient (Wildman–Crippen LogP) is 6.17. The van der Waals surface area contributed by atoms with Crippen LogP contribution in [0.5, 0.6) is 0 Å². The van der Waals surface area contributed by atoms with Crippen molar-refractivity contribution < 1.29 is 4.42 Å². The van der Waals surface area contributed by atoms with E-state index in [1.54, 1.807) is 17.8 Å². The first-order valence-corrected chi connectivity index (χ1v) is 13.1. The Morgan fingerprint density at radius 1 is 1.09 bits per heavy atom. The highest BCUT2D eigenvalue weighted by Gasteiger charge is 2.22. The first-order chi connectivity index (χ1) is 16.8. The van der Waals surface area contributed by atoms with Crippen LogP contribution in [-0.2, 0) is 12.3 Å². The molecule has 0 aliphatic rings. The molecule has 0 radical (unpaired) electrons. The average Bonchev–Trinajstić information content (AvgIpc) is 3.19. The molecule has 1 atom stereocenters. The maximum atomic E-state index is 12.3. The van der Waals surface area contributed by atoms with Crippen molar-refractivity contribution in [2.45, 2.75) is 63.5 Å². The van der Waals surface area contributed by atoms with E-state index >= 15 is 0 Å². The maximum absolute atomic E-state index is 12.3. The van der Waals surface area contributed by atoms with Gasteiger partial charge in [0, 0.05) is 17.2 Å². The molecule has 2 aromatic carbocycles. The van der Waals surface area contributed by atoms with Gasteiger partial charge in [-0.15, -0.1) is 10.2 Å². The van der Waals surface area contributed by atoms with Crippen LogP contribution >= 0.6 is 11.8 Å². The zero-order chi connectivity index (χ0) is 25.1. The largest absolute Gasteiger partial charge is 0.423 e. The molecule has 4 rings (SSSR count). The molecule has 0 saturated carbocycles. The Kier molecular flexibility index (Phi) is 7.77. The summed E-state index contributed by atoms with van der Waals surface area (Å²) in [7, 11) is 4.15. The smallest absolute Gasteiger partial charge is 0.336 e. The molecular weight excluding hydrogens is 456 g/mol. The van der Waals surface area contributed by atoms with E-state index in [1.165, 1.54) is 11.1 Å². The molecule has 0 spiro atoms. The second kappa shape index (κ2) is 10.8. The normalized spacial score (nSPS) is 12.7. The summed E-state index contributed by atoms with van der Waals surface area (Å²) in [6.45, 7) is 9.31. The number of aryl methyl sites for hydroxylation is 1. The molecule has 6 nitrogen and oxygen atoms in total. The highest BCUT2D eigenvalue weighted by molar-refractivity contribution is 7.98. The van der Waals surface area contributed by atoms with Crippen molar-refractivity contribution in [1.82, 2.24) is 19.7 Å². The molecule has 0 aliphatic carbocycles. The molecule has 184 valence electrons. The number of hydrogen-bond donors (Lipinski definition) is 0. The van der Waals surface area contributed by atoms with Crippen LogP contribution in [0.15, 0.2) is 62.9 Å². The van der Waals surface area contributed by atoms with Gasteiger partial charge in [-0.25, -0.2) is 4.79 Å². The molecule has 0 amide bonds. The van der Waals surface area contributed by atoms with Crippen LogP contribution in [0.4, 0.5) is 0 Å². The maximum Gasteiger partial charge on any atom is 0.336 e. The number of benzene rings is 2. The molecule has 0 saturated heterocycles. The van der Waals surface area contributed by atoms with E-state index in [9.17, 15) is 4.79 Å². The van der Waals surface area contributed by atoms with Gasteiger partial charge in [0.15, 0.2) is 11.0 Å². The third-order valence-electron chi connectivity index (χ3n) is 6.43.